The van der Waals surface area contributed by atoms with Crippen molar-refractivity contribution in [2.45, 2.75) is 25.9 Å². The Morgan fingerprint density at radius 3 is 3.00 bits per heavy atom. The first-order chi connectivity index (χ1) is 5.24. The Kier molecular flexibility index (Phi) is 2.88. The molecule has 1 aliphatic rings. The fraction of sp³-hybridized carbons (Fsp3) is 0.875. The highest BCUT2D eigenvalue weighted by Gasteiger charge is 2.21. The second kappa shape index (κ2) is 3.72. The minimum absolute atomic E-state index is 0.280. The largest absolute Gasteiger partial charge is 0.393 e. The number of carbonyl (C=O) groups is 1. The van der Waals surface area contributed by atoms with Crippen molar-refractivity contribution in [1.29, 1.82) is 0 Å². The Labute approximate surface area is 67.0 Å². The van der Waals surface area contributed by atoms with E-state index in [2.05, 4.69) is 0 Å². The average molecular weight is 157 g/mol. The summed E-state index contributed by atoms with van der Waals surface area (Å²) in [5.74, 6) is 0.286. The molecule has 3 heteroatoms. The molecule has 0 radical (unpaired) electrons. The van der Waals surface area contributed by atoms with E-state index in [0.717, 1.165) is 32.3 Å². The van der Waals surface area contributed by atoms with Gasteiger partial charge in [0, 0.05) is 19.0 Å². The quantitative estimate of drug-likeness (QED) is 0.583. The molecule has 3 nitrogen and oxygen atoms in total. The van der Waals surface area contributed by atoms with Crippen LogP contribution in [0.2, 0.25) is 0 Å². The van der Waals surface area contributed by atoms with Gasteiger partial charge >= 0.3 is 0 Å². The number of carbonyl (C=O) groups excluding carboxylic acids is 1. The molecule has 0 aromatic carbocycles. The molecule has 0 aliphatic carbocycles. The molecule has 64 valence electrons. The Hall–Kier alpha value is -0.570. The van der Waals surface area contributed by atoms with Crippen LogP contribution in [0.4, 0.5) is 0 Å². The first-order valence-electron chi connectivity index (χ1n) is 4.11. The topological polar surface area (TPSA) is 40.5 Å². The van der Waals surface area contributed by atoms with Crippen molar-refractivity contribution < 1.29 is 9.90 Å². The number of hydrogen-bond acceptors (Lipinski definition) is 2. The molecule has 0 aromatic rings. The summed E-state index contributed by atoms with van der Waals surface area (Å²) in [5, 5.41) is 9.25. The van der Waals surface area contributed by atoms with Gasteiger partial charge in [0.15, 0.2) is 0 Å². The molecule has 1 heterocycles. The van der Waals surface area contributed by atoms with E-state index in [1.165, 1.54) is 0 Å². The highest BCUT2D eigenvalue weighted by Crippen LogP contribution is 2.18. The molecule has 0 bridgehead atoms. The van der Waals surface area contributed by atoms with Gasteiger partial charge in [-0.15, -0.1) is 0 Å². The molecule has 1 aliphatic heterocycles. The second-order valence-corrected chi connectivity index (χ2v) is 3.24. The zero-order chi connectivity index (χ0) is 8.27. The monoisotopic (exact) mass is 157 g/mol. The van der Waals surface area contributed by atoms with Gasteiger partial charge in [-0.2, -0.15) is 0 Å². The summed E-state index contributed by atoms with van der Waals surface area (Å²) in [6.45, 7) is 3.37. The normalized spacial score (nSPS) is 28.2. The summed E-state index contributed by atoms with van der Waals surface area (Å²) in [6.07, 6.45) is 2.66. The summed E-state index contributed by atoms with van der Waals surface area (Å²) in [4.78, 5) is 12.1. The van der Waals surface area contributed by atoms with E-state index < -0.39 is 0 Å². The van der Waals surface area contributed by atoms with Crippen LogP contribution in [0.3, 0.4) is 0 Å². The maximum absolute atomic E-state index is 10.4. The highest BCUT2D eigenvalue weighted by atomic mass is 16.3. The number of aliphatic hydroxyl groups is 1. The first-order valence-corrected chi connectivity index (χ1v) is 4.11. The van der Waals surface area contributed by atoms with Gasteiger partial charge in [-0.3, -0.25) is 4.79 Å². The lowest BCUT2D eigenvalue weighted by atomic mass is 9.94. The zero-order valence-corrected chi connectivity index (χ0v) is 6.86. The lowest BCUT2D eigenvalue weighted by Crippen LogP contribution is -2.38. The third-order valence-electron chi connectivity index (χ3n) is 2.32. The van der Waals surface area contributed by atoms with Crippen LogP contribution in [0.25, 0.3) is 0 Å². The molecule has 0 spiro atoms. The lowest BCUT2D eigenvalue weighted by Gasteiger charge is -2.31. The molecular formula is C8H15NO2. The molecular weight excluding hydrogens is 142 g/mol. The first kappa shape index (κ1) is 8.53. The van der Waals surface area contributed by atoms with Crippen LogP contribution in [-0.2, 0) is 4.79 Å². The van der Waals surface area contributed by atoms with Crippen molar-refractivity contribution in [2.24, 2.45) is 5.92 Å². The molecule has 1 N–H and O–H groups in total. The van der Waals surface area contributed by atoms with Gasteiger partial charge in [0.05, 0.1) is 6.10 Å². The van der Waals surface area contributed by atoms with Gasteiger partial charge in [0.2, 0.25) is 6.41 Å². The van der Waals surface area contributed by atoms with Gasteiger partial charge in [-0.1, -0.05) is 0 Å². The van der Waals surface area contributed by atoms with Gasteiger partial charge in [0.1, 0.15) is 0 Å². The van der Waals surface area contributed by atoms with E-state index in [1.807, 2.05) is 0 Å². The van der Waals surface area contributed by atoms with Crippen LogP contribution < -0.4 is 0 Å². The third-order valence-corrected chi connectivity index (χ3v) is 2.32. The standard InChI is InChI=1S/C8H15NO2/c1-7(11)8-3-2-4-9(5-8)6-10/h6-8,11H,2-5H2,1H3. The van der Waals surface area contributed by atoms with Crippen LogP contribution >= 0.6 is 0 Å². The van der Waals surface area contributed by atoms with Gasteiger partial charge in [-0.25, -0.2) is 0 Å². The molecule has 11 heavy (non-hydrogen) atoms. The van der Waals surface area contributed by atoms with Crippen molar-refractivity contribution in [3.63, 3.8) is 0 Å². The van der Waals surface area contributed by atoms with Gasteiger partial charge in [0.25, 0.3) is 0 Å². The van der Waals surface area contributed by atoms with E-state index >= 15 is 0 Å². The molecule has 1 saturated heterocycles. The van der Waals surface area contributed by atoms with E-state index in [9.17, 15) is 9.90 Å². The number of aliphatic hydroxyl groups excluding tert-OH is 1. The molecule has 0 saturated carbocycles. The van der Waals surface area contributed by atoms with Crippen LogP contribution in [0.1, 0.15) is 19.8 Å². The molecule has 1 amide bonds. The van der Waals surface area contributed by atoms with Crippen molar-refractivity contribution in [3.8, 4) is 0 Å². The van der Waals surface area contributed by atoms with E-state index in [-0.39, 0.29) is 12.0 Å². The van der Waals surface area contributed by atoms with Crippen molar-refractivity contribution in [3.05, 3.63) is 0 Å². The summed E-state index contributed by atoms with van der Waals surface area (Å²) in [5.41, 5.74) is 0. The summed E-state index contributed by atoms with van der Waals surface area (Å²) in [7, 11) is 0. The fourth-order valence-electron chi connectivity index (χ4n) is 1.53. The van der Waals surface area contributed by atoms with E-state index in [0.29, 0.717) is 0 Å². The maximum Gasteiger partial charge on any atom is 0.209 e. The Bertz CT molecular complexity index is 136. The van der Waals surface area contributed by atoms with Gasteiger partial charge in [-0.05, 0) is 19.8 Å². The highest BCUT2D eigenvalue weighted by molar-refractivity contribution is 5.47. The van der Waals surface area contributed by atoms with E-state index in [4.69, 9.17) is 0 Å². The van der Waals surface area contributed by atoms with Crippen LogP contribution in [0, 0.1) is 5.92 Å². The predicted octanol–water partition coefficient (Wildman–Crippen LogP) is 0.236. The predicted molar refractivity (Wildman–Crippen MR) is 42.0 cm³/mol. The lowest BCUT2D eigenvalue weighted by molar-refractivity contribution is -0.120. The number of hydrogen-bond donors (Lipinski definition) is 1. The van der Waals surface area contributed by atoms with Crippen molar-refractivity contribution in [1.82, 2.24) is 4.90 Å². The second-order valence-electron chi connectivity index (χ2n) is 3.24. The summed E-state index contributed by atoms with van der Waals surface area (Å²) in [6, 6.07) is 0. The molecule has 1 rings (SSSR count). The minimum Gasteiger partial charge on any atom is -0.393 e. The van der Waals surface area contributed by atoms with E-state index in [1.54, 1.807) is 11.8 Å². The van der Waals surface area contributed by atoms with Gasteiger partial charge < -0.3 is 10.0 Å². The number of amides is 1. The third kappa shape index (κ3) is 2.19. The van der Waals surface area contributed by atoms with Crippen molar-refractivity contribution >= 4 is 6.41 Å². The number of likely N-dealkylation sites (tertiary alicyclic amines) is 1. The number of piperidine rings is 1. The molecule has 2 atom stereocenters. The molecule has 1 fully saturated rings. The van der Waals surface area contributed by atoms with Crippen LogP contribution in [0.15, 0.2) is 0 Å². The Morgan fingerprint density at radius 2 is 2.45 bits per heavy atom. The SMILES string of the molecule is CC(O)C1CCCN(C=O)C1. The average Bonchev–Trinajstić information content (AvgIpc) is 2.05. The fourth-order valence-corrected chi connectivity index (χ4v) is 1.53. The minimum atomic E-state index is -0.280. The van der Waals surface area contributed by atoms with Crippen LogP contribution in [-0.4, -0.2) is 35.6 Å². The number of nitrogens with zero attached hydrogens (tertiary/aromatic N) is 1. The molecule has 2 unspecified atom stereocenters. The summed E-state index contributed by atoms with van der Waals surface area (Å²) >= 11 is 0. The maximum atomic E-state index is 10.4. The number of rotatable bonds is 2. The Morgan fingerprint density at radius 1 is 1.73 bits per heavy atom. The summed E-state index contributed by atoms with van der Waals surface area (Å²) < 4.78 is 0. The molecule has 0 aromatic heterocycles. The van der Waals surface area contributed by atoms with Crippen LogP contribution in [0.5, 0.6) is 0 Å². The Balaban J connectivity index is 2.39. The smallest absolute Gasteiger partial charge is 0.209 e. The zero-order valence-electron chi connectivity index (χ0n) is 6.86. The van der Waals surface area contributed by atoms with Crippen molar-refractivity contribution in [2.75, 3.05) is 13.1 Å².